The van der Waals surface area contributed by atoms with Crippen LogP contribution in [0, 0.1) is 34.0 Å². The van der Waals surface area contributed by atoms with Crippen molar-refractivity contribution in [2.24, 2.45) is 0 Å². The van der Waals surface area contributed by atoms with Crippen LogP contribution in [-0.4, -0.2) is 0 Å². The van der Waals surface area contributed by atoms with Crippen molar-refractivity contribution in [2.75, 3.05) is 5.73 Å². The normalized spacial score (nSPS) is 9.88. The lowest BCUT2D eigenvalue weighted by molar-refractivity contribution is 0.572. The topological polar surface area (TPSA) is 111 Å². The first-order valence-corrected chi connectivity index (χ1v) is 4.61. The number of nitrogens with two attached hydrogens (primary N) is 1. The molecule has 1 aromatic rings. The number of hydrogen-bond acceptors (Lipinski definition) is 5. The molecule has 0 aliphatic heterocycles. The summed E-state index contributed by atoms with van der Waals surface area (Å²) in [7, 11) is 0. The Bertz CT molecular complexity index is 598. The van der Waals surface area contributed by atoms with Gasteiger partial charge in [-0.3, -0.25) is 0 Å². The van der Waals surface area contributed by atoms with E-state index < -0.39 is 0 Å². The third-order valence-electron chi connectivity index (χ3n) is 2.01. The summed E-state index contributed by atoms with van der Waals surface area (Å²) in [5, 5.41) is 25.8. The maximum atomic E-state index is 8.70. The van der Waals surface area contributed by atoms with Gasteiger partial charge in [-0.2, -0.15) is 15.8 Å². The molecule has 0 fully saturated rings. The van der Waals surface area contributed by atoms with Crippen molar-refractivity contribution < 1.29 is 4.42 Å². The number of nitriles is 3. The molecular weight excluding hydrogens is 216 g/mol. The Kier molecular flexibility index (Phi) is 3.71. The van der Waals surface area contributed by atoms with Crippen LogP contribution in [-0.2, 0) is 0 Å². The van der Waals surface area contributed by atoms with E-state index >= 15 is 0 Å². The quantitative estimate of drug-likeness (QED) is 0.610. The highest BCUT2D eigenvalue weighted by Crippen LogP contribution is 2.23. The highest BCUT2D eigenvalue weighted by Gasteiger charge is 2.08. The van der Waals surface area contributed by atoms with E-state index in [1.807, 2.05) is 6.07 Å². The number of hydrogen-bond donors (Lipinski definition) is 1. The average Bonchev–Trinajstić information content (AvgIpc) is 2.71. The van der Waals surface area contributed by atoms with E-state index in [1.165, 1.54) is 12.1 Å². The van der Waals surface area contributed by atoms with Crippen LogP contribution in [0.3, 0.4) is 0 Å². The predicted octanol–water partition coefficient (Wildman–Crippen LogP) is 2.11. The average molecular weight is 224 g/mol. The lowest BCUT2D eigenvalue weighted by Gasteiger charge is -1.92. The molecule has 5 heteroatoms. The second-order valence-electron chi connectivity index (χ2n) is 3.15. The first-order valence-electron chi connectivity index (χ1n) is 4.61. The maximum absolute atomic E-state index is 8.70. The van der Waals surface area contributed by atoms with Crippen molar-refractivity contribution >= 4 is 11.5 Å². The molecular formula is C12H8N4O. The van der Waals surface area contributed by atoms with E-state index in [4.69, 9.17) is 25.9 Å². The van der Waals surface area contributed by atoms with Gasteiger partial charge in [0.15, 0.2) is 0 Å². The second kappa shape index (κ2) is 5.21. The number of nitrogens with zero attached hydrogens (tertiary/aromatic N) is 3. The van der Waals surface area contributed by atoms with Gasteiger partial charge < -0.3 is 10.2 Å². The van der Waals surface area contributed by atoms with Gasteiger partial charge in [0.25, 0.3) is 0 Å². The Morgan fingerprint density at radius 3 is 2.41 bits per heavy atom. The highest BCUT2D eigenvalue weighted by atomic mass is 16.4. The third kappa shape index (κ3) is 2.75. The molecule has 0 spiro atoms. The Morgan fingerprint density at radius 2 is 1.94 bits per heavy atom. The highest BCUT2D eigenvalue weighted by molar-refractivity contribution is 5.66. The van der Waals surface area contributed by atoms with Gasteiger partial charge in [0, 0.05) is 6.07 Å². The van der Waals surface area contributed by atoms with Crippen LogP contribution >= 0.6 is 0 Å². The Labute approximate surface area is 98.3 Å². The molecule has 2 N–H and O–H groups in total. The Morgan fingerprint density at radius 1 is 1.29 bits per heavy atom. The molecule has 0 unspecified atom stereocenters. The largest absolute Gasteiger partial charge is 0.440 e. The third-order valence-corrected chi connectivity index (χ3v) is 2.01. The van der Waals surface area contributed by atoms with Gasteiger partial charge in [-0.15, -0.1) is 0 Å². The smallest absolute Gasteiger partial charge is 0.208 e. The molecule has 0 atom stereocenters. The summed E-state index contributed by atoms with van der Waals surface area (Å²) >= 11 is 0. The van der Waals surface area contributed by atoms with Gasteiger partial charge >= 0.3 is 0 Å². The fourth-order valence-electron chi connectivity index (χ4n) is 1.08. The van der Waals surface area contributed by atoms with E-state index in [0.29, 0.717) is 11.3 Å². The van der Waals surface area contributed by atoms with E-state index in [0.717, 1.165) is 0 Å². The number of anilines is 1. The maximum Gasteiger partial charge on any atom is 0.208 e. The van der Waals surface area contributed by atoms with Crippen molar-refractivity contribution in [3.8, 4) is 18.2 Å². The first kappa shape index (κ1) is 12.1. The van der Waals surface area contributed by atoms with Gasteiger partial charge in [-0.25, -0.2) is 0 Å². The zero-order valence-corrected chi connectivity index (χ0v) is 9.06. The van der Waals surface area contributed by atoms with Crippen LogP contribution in [0.5, 0.6) is 0 Å². The zero-order valence-electron chi connectivity index (χ0n) is 9.06. The molecule has 0 bridgehead atoms. The van der Waals surface area contributed by atoms with E-state index in [-0.39, 0.29) is 17.0 Å². The van der Waals surface area contributed by atoms with Crippen molar-refractivity contribution in [3.63, 3.8) is 0 Å². The number of furan rings is 1. The van der Waals surface area contributed by atoms with Crippen molar-refractivity contribution in [2.45, 2.75) is 6.92 Å². The molecule has 0 saturated carbocycles. The molecule has 0 aromatic carbocycles. The van der Waals surface area contributed by atoms with Gasteiger partial charge in [0.05, 0.1) is 0 Å². The molecule has 1 rings (SSSR count). The summed E-state index contributed by atoms with van der Waals surface area (Å²) in [5.74, 6) is 0.491. The summed E-state index contributed by atoms with van der Waals surface area (Å²) in [4.78, 5) is 0. The van der Waals surface area contributed by atoms with Gasteiger partial charge in [-0.1, -0.05) is 6.08 Å². The molecule has 0 saturated heterocycles. The molecule has 17 heavy (non-hydrogen) atoms. The fraction of sp³-hybridized carbons (Fsp3) is 0.0833. The van der Waals surface area contributed by atoms with Crippen LogP contribution < -0.4 is 5.73 Å². The Balaban J connectivity index is 3.07. The molecule has 0 amide bonds. The summed E-state index contributed by atoms with van der Waals surface area (Å²) in [6, 6.07) is 6.87. The van der Waals surface area contributed by atoms with E-state index in [1.54, 1.807) is 25.1 Å². The summed E-state index contributed by atoms with van der Waals surface area (Å²) in [5.41, 5.74) is 6.38. The number of rotatable bonds is 2. The van der Waals surface area contributed by atoms with Crippen LogP contribution in [0.1, 0.15) is 18.2 Å². The van der Waals surface area contributed by atoms with E-state index in [9.17, 15) is 0 Å². The van der Waals surface area contributed by atoms with Gasteiger partial charge in [0.1, 0.15) is 35.1 Å². The SMILES string of the molecule is C/C(=C\C=C(C#N)C#N)c1cc(C#N)c(N)o1. The fourth-order valence-corrected chi connectivity index (χ4v) is 1.08. The van der Waals surface area contributed by atoms with Gasteiger partial charge in [-0.05, 0) is 18.6 Å². The lowest BCUT2D eigenvalue weighted by atomic mass is 10.2. The van der Waals surface area contributed by atoms with Crippen molar-refractivity contribution in [1.29, 1.82) is 15.8 Å². The minimum absolute atomic E-state index is 0.00983. The molecule has 0 aliphatic carbocycles. The zero-order chi connectivity index (χ0) is 12.8. The second-order valence-corrected chi connectivity index (χ2v) is 3.15. The lowest BCUT2D eigenvalue weighted by Crippen LogP contribution is -1.82. The van der Waals surface area contributed by atoms with Gasteiger partial charge in [0.2, 0.25) is 5.88 Å². The minimum Gasteiger partial charge on any atom is -0.440 e. The van der Waals surface area contributed by atoms with Crippen LogP contribution in [0.15, 0.2) is 28.2 Å². The van der Waals surface area contributed by atoms with Crippen molar-refractivity contribution in [3.05, 3.63) is 35.1 Å². The van der Waals surface area contributed by atoms with Crippen LogP contribution in [0.25, 0.3) is 5.57 Å². The van der Waals surface area contributed by atoms with Crippen molar-refractivity contribution in [1.82, 2.24) is 0 Å². The first-order chi connectivity index (χ1) is 8.12. The predicted molar refractivity (Wildman–Crippen MR) is 60.8 cm³/mol. The standard InChI is InChI=1S/C12H8N4O/c1-8(2-3-9(5-13)6-14)11-4-10(7-15)12(16)17-11/h2-4H,16H2,1H3/b8-2+. The summed E-state index contributed by atoms with van der Waals surface area (Å²) < 4.78 is 5.16. The number of nitrogen functional groups attached to an aromatic ring is 1. The summed E-state index contributed by atoms with van der Waals surface area (Å²) in [6.07, 6.45) is 2.93. The monoisotopic (exact) mass is 224 g/mol. The minimum atomic E-state index is -0.00983. The van der Waals surface area contributed by atoms with Crippen LogP contribution in [0.4, 0.5) is 5.88 Å². The molecule has 1 aromatic heterocycles. The summed E-state index contributed by atoms with van der Waals surface area (Å²) in [6.45, 7) is 1.72. The molecule has 5 nitrogen and oxygen atoms in total. The molecule has 1 heterocycles. The van der Waals surface area contributed by atoms with Crippen LogP contribution in [0.2, 0.25) is 0 Å². The molecule has 0 radical (unpaired) electrons. The Hall–Kier alpha value is -2.97. The number of allylic oxidation sites excluding steroid dienone is 4. The van der Waals surface area contributed by atoms with E-state index in [2.05, 4.69) is 0 Å². The molecule has 82 valence electrons. The molecule has 0 aliphatic rings.